The minimum absolute atomic E-state index is 0.000972. The third-order valence-corrected chi connectivity index (χ3v) is 3.52. The molecule has 1 aliphatic rings. The summed E-state index contributed by atoms with van der Waals surface area (Å²) < 4.78 is 0. The van der Waals surface area contributed by atoms with Crippen molar-refractivity contribution in [1.82, 2.24) is 9.88 Å². The topological polar surface area (TPSA) is 50.3 Å². The van der Waals surface area contributed by atoms with Crippen molar-refractivity contribution in [1.29, 1.82) is 0 Å². The zero-order chi connectivity index (χ0) is 13.2. The molecule has 4 nitrogen and oxygen atoms in total. The Morgan fingerprint density at radius 3 is 2.94 bits per heavy atom. The molecule has 1 aromatic rings. The van der Waals surface area contributed by atoms with Crippen molar-refractivity contribution in [2.45, 2.75) is 38.6 Å². The van der Waals surface area contributed by atoms with Crippen LogP contribution in [0.5, 0.6) is 0 Å². The zero-order valence-electron chi connectivity index (χ0n) is 10.8. The molecule has 18 heavy (non-hydrogen) atoms. The van der Waals surface area contributed by atoms with Gasteiger partial charge in [-0.15, -0.1) is 0 Å². The molecule has 96 valence electrons. The van der Waals surface area contributed by atoms with Crippen molar-refractivity contribution >= 4 is 11.7 Å². The zero-order valence-corrected chi connectivity index (χ0v) is 10.8. The molecule has 1 aliphatic heterocycles. The van der Waals surface area contributed by atoms with Gasteiger partial charge >= 0.3 is 0 Å². The van der Waals surface area contributed by atoms with Crippen LogP contribution in [0.2, 0.25) is 0 Å². The fourth-order valence-corrected chi connectivity index (χ4v) is 2.34. The Labute approximate surface area is 107 Å². The smallest absolute Gasteiger partial charge is 0.227 e. The summed E-state index contributed by atoms with van der Waals surface area (Å²) in [5, 5.41) is 0. The maximum Gasteiger partial charge on any atom is 0.227 e. The van der Waals surface area contributed by atoms with Gasteiger partial charge in [0.1, 0.15) is 0 Å². The SMILES string of the molecule is CC1(C)C(=O)CCCN1C(=O)Cc1cccnc1. The van der Waals surface area contributed by atoms with Crippen LogP contribution < -0.4 is 0 Å². The quantitative estimate of drug-likeness (QED) is 0.796. The van der Waals surface area contributed by atoms with Gasteiger partial charge in [0, 0.05) is 25.4 Å². The van der Waals surface area contributed by atoms with E-state index in [4.69, 9.17) is 0 Å². The molecule has 0 atom stereocenters. The minimum Gasteiger partial charge on any atom is -0.330 e. The molecule has 0 aromatic carbocycles. The highest BCUT2D eigenvalue weighted by atomic mass is 16.2. The first kappa shape index (κ1) is 12.7. The second-order valence-corrected chi connectivity index (χ2v) is 5.17. The molecule has 1 fully saturated rings. The van der Waals surface area contributed by atoms with Crippen LogP contribution >= 0.6 is 0 Å². The highest BCUT2D eigenvalue weighted by molar-refractivity contribution is 5.93. The van der Waals surface area contributed by atoms with Crippen LogP contribution in [0.1, 0.15) is 32.3 Å². The van der Waals surface area contributed by atoms with Crippen LogP contribution in [0.15, 0.2) is 24.5 Å². The van der Waals surface area contributed by atoms with Gasteiger partial charge in [0.2, 0.25) is 5.91 Å². The van der Waals surface area contributed by atoms with Crippen molar-refractivity contribution in [3.05, 3.63) is 30.1 Å². The standard InChI is InChI=1S/C14H18N2O2/c1-14(2)12(17)6-4-8-16(14)13(18)9-11-5-3-7-15-10-11/h3,5,7,10H,4,6,8-9H2,1-2H3. The number of ketones is 1. The Morgan fingerprint density at radius 2 is 2.28 bits per heavy atom. The van der Waals surface area contributed by atoms with Gasteiger partial charge in [-0.2, -0.15) is 0 Å². The second kappa shape index (κ2) is 4.88. The lowest BCUT2D eigenvalue weighted by molar-refractivity contribution is -0.147. The lowest BCUT2D eigenvalue weighted by Gasteiger charge is -2.41. The highest BCUT2D eigenvalue weighted by Crippen LogP contribution is 2.24. The molecule has 4 heteroatoms. The maximum atomic E-state index is 12.3. The first-order valence-electron chi connectivity index (χ1n) is 6.24. The fourth-order valence-electron chi connectivity index (χ4n) is 2.34. The van der Waals surface area contributed by atoms with Crippen LogP contribution in [0, 0.1) is 0 Å². The number of rotatable bonds is 2. The number of hydrogen-bond donors (Lipinski definition) is 0. The summed E-state index contributed by atoms with van der Waals surface area (Å²) in [4.78, 5) is 29.8. The Kier molecular flexibility index (Phi) is 3.45. The first-order valence-corrected chi connectivity index (χ1v) is 6.24. The molecule has 2 heterocycles. The van der Waals surface area contributed by atoms with Crippen molar-refractivity contribution in [2.75, 3.05) is 6.54 Å². The molecule has 0 radical (unpaired) electrons. The fraction of sp³-hybridized carbons (Fsp3) is 0.500. The number of piperidine rings is 1. The van der Waals surface area contributed by atoms with Crippen molar-refractivity contribution in [3.8, 4) is 0 Å². The average Bonchev–Trinajstić information content (AvgIpc) is 2.33. The van der Waals surface area contributed by atoms with Gasteiger partial charge in [0.25, 0.3) is 0 Å². The van der Waals surface area contributed by atoms with Gasteiger partial charge in [-0.3, -0.25) is 14.6 Å². The van der Waals surface area contributed by atoms with Crippen LogP contribution in [-0.4, -0.2) is 33.7 Å². The van der Waals surface area contributed by atoms with E-state index in [9.17, 15) is 9.59 Å². The van der Waals surface area contributed by atoms with E-state index in [1.54, 1.807) is 17.3 Å². The lowest BCUT2D eigenvalue weighted by Crippen LogP contribution is -2.56. The number of aromatic nitrogens is 1. The van der Waals surface area contributed by atoms with E-state index in [-0.39, 0.29) is 11.7 Å². The molecular formula is C14H18N2O2. The molecule has 1 saturated heterocycles. The van der Waals surface area contributed by atoms with E-state index in [0.717, 1.165) is 12.0 Å². The number of carbonyl (C=O) groups excluding carboxylic acids is 2. The Hall–Kier alpha value is -1.71. The third kappa shape index (κ3) is 2.42. The molecule has 1 amide bonds. The summed E-state index contributed by atoms with van der Waals surface area (Å²) in [6, 6.07) is 3.69. The van der Waals surface area contributed by atoms with Crippen LogP contribution in [0.4, 0.5) is 0 Å². The lowest BCUT2D eigenvalue weighted by atomic mass is 9.88. The third-order valence-electron chi connectivity index (χ3n) is 3.52. The Balaban J connectivity index is 2.11. The average molecular weight is 246 g/mol. The van der Waals surface area contributed by atoms with Crippen molar-refractivity contribution in [2.24, 2.45) is 0 Å². The second-order valence-electron chi connectivity index (χ2n) is 5.17. The van der Waals surface area contributed by atoms with E-state index in [2.05, 4.69) is 4.98 Å². The number of likely N-dealkylation sites (tertiary alicyclic amines) is 1. The van der Waals surface area contributed by atoms with Crippen LogP contribution in [-0.2, 0) is 16.0 Å². The Morgan fingerprint density at radius 1 is 1.50 bits per heavy atom. The number of carbonyl (C=O) groups is 2. The normalized spacial score (nSPS) is 18.8. The number of hydrogen-bond acceptors (Lipinski definition) is 3. The number of nitrogens with zero attached hydrogens (tertiary/aromatic N) is 2. The Bertz CT molecular complexity index is 454. The van der Waals surface area contributed by atoms with Gasteiger partial charge in [0.05, 0.1) is 12.0 Å². The van der Waals surface area contributed by atoms with Crippen molar-refractivity contribution < 1.29 is 9.59 Å². The number of pyridine rings is 1. The van der Waals surface area contributed by atoms with E-state index in [1.807, 2.05) is 26.0 Å². The van der Waals surface area contributed by atoms with E-state index in [1.165, 1.54) is 0 Å². The summed E-state index contributed by atoms with van der Waals surface area (Å²) >= 11 is 0. The molecule has 0 N–H and O–H groups in total. The van der Waals surface area contributed by atoms with Crippen LogP contribution in [0.25, 0.3) is 0 Å². The molecular weight excluding hydrogens is 228 g/mol. The van der Waals surface area contributed by atoms with E-state index >= 15 is 0 Å². The van der Waals surface area contributed by atoms with Crippen molar-refractivity contribution in [3.63, 3.8) is 0 Å². The maximum absolute atomic E-state index is 12.3. The molecule has 0 bridgehead atoms. The molecule has 0 unspecified atom stereocenters. The monoisotopic (exact) mass is 246 g/mol. The van der Waals surface area contributed by atoms with Gasteiger partial charge < -0.3 is 4.90 Å². The summed E-state index contributed by atoms with van der Waals surface area (Å²) in [5.41, 5.74) is 0.216. The predicted molar refractivity (Wildman–Crippen MR) is 68.0 cm³/mol. The van der Waals surface area contributed by atoms with Gasteiger partial charge in [-0.1, -0.05) is 6.07 Å². The molecule has 0 saturated carbocycles. The minimum atomic E-state index is -0.669. The highest BCUT2D eigenvalue weighted by Gasteiger charge is 2.39. The molecule has 0 aliphatic carbocycles. The summed E-state index contributed by atoms with van der Waals surface area (Å²) in [5.74, 6) is 0.148. The van der Waals surface area contributed by atoms with E-state index < -0.39 is 5.54 Å². The summed E-state index contributed by atoms with van der Waals surface area (Å²) in [7, 11) is 0. The van der Waals surface area contributed by atoms with Gasteiger partial charge in [-0.05, 0) is 31.9 Å². The van der Waals surface area contributed by atoms with Gasteiger partial charge in [0.15, 0.2) is 5.78 Å². The number of Topliss-reactive ketones (excluding diaryl/α,β-unsaturated/α-hetero) is 1. The van der Waals surface area contributed by atoms with Gasteiger partial charge in [-0.25, -0.2) is 0 Å². The molecule has 1 aromatic heterocycles. The largest absolute Gasteiger partial charge is 0.330 e. The first-order chi connectivity index (χ1) is 8.51. The van der Waals surface area contributed by atoms with E-state index in [0.29, 0.717) is 19.4 Å². The molecule has 0 spiro atoms. The number of amides is 1. The molecule has 2 rings (SSSR count). The summed E-state index contributed by atoms with van der Waals surface area (Å²) in [6.45, 7) is 4.32. The van der Waals surface area contributed by atoms with Crippen LogP contribution in [0.3, 0.4) is 0 Å². The summed E-state index contributed by atoms with van der Waals surface area (Å²) in [6.07, 6.45) is 5.02. The predicted octanol–water partition coefficient (Wildman–Crippen LogP) is 1.59.